The van der Waals surface area contributed by atoms with Gasteiger partial charge in [-0.15, -0.1) is 0 Å². The van der Waals surface area contributed by atoms with Gasteiger partial charge >= 0.3 is 0 Å². The van der Waals surface area contributed by atoms with Crippen LogP contribution in [0.4, 0.5) is 15.8 Å². The Morgan fingerprint density at radius 2 is 1.80 bits per heavy atom. The van der Waals surface area contributed by atoms with Crippen molar-refractivity contribution in [2.45, 2.75) is 26.8 Å². The smallest absolute Gasteiger partial charge is 0.248 e. The van der Waals surface area contributed by atoms with Crippen molar-refractivity contribution in [3.05, 3.63) is 59.4 Å². The van der Waals surface area contributed by atoms with Crippen LogP contribution in [0, 0.1) is 19.7 Å². The average molecular weight is 364 g/mol. The van der Waals surface area contributed by atoms with E-state index in [1.807, 2.05) is 26.0 Å². The van der Waals surface area contributed by atoms with Gasteiger partial charge in [0.1, 0.15) is 11.9 Å². The lowest BCUT2D eigenvalue weighted by molar-refractivity contribution is -0.116. The quantitative estimate of drug-likeness (QED) is 0.886. The maximum atomic E-state index is 14.1. The summed E-state index contributed by atoms with van der Waals surface area (Å²) >= 11 is 0. The van der Waals surface area contributed by atoms with Gasteiger partial charge in [0.05, 0.1) is 11.9 Å². The molecule has 0 radical (unpaired) electrons. The fourth-order valence-electron chi connectivity index (χ4n) is 2.52. The summed E-state index contributed by atoms with van der Waals surface area (Å²) in [5.74, 6) is -1.25. The number of sulfonamides is 1. The molecule has 0 aliphatic heterocycles. The molecule has 134 valence electrons. The molecule has 2 aromatic carbocycles. The number of carbonyl (C=O) groups excluding carboxylic acids is 1. The van der Waals surface area contributed by atoms with E-state index in [1.54, 1.807) is 6.07 Å². The molecule has 2 aromatic rings. The molecule has 0 aromatic heterocycles. The van der Waals surface area contributed by atoms with E-state index >= 15 is 0 Å². The number of rotatable bonds is 5. The molecule has 1 amide bonds. The van der Waals surface area contributed by atoms with E-state index in [2.05, 4.69) is 5.32 Å². The lowest BCUT2D eigenvalue weighted by Crippen LogP contribution is -2.45. The van der Waals surface area contributed by atoms with Gasteiger partial charge in [0.25, 0.3) is 0 Å². The van der Waals surface area contributed by atoms with Gasteiger partial charge < -0.3 is 5.32 Å². The molecule has 1 atom stereocenters. The first-order valence-corrected chi connectivity index (χ1v) is 9.58. The normalized spacial score (nSPS) is 12.5. The van der Waals surface area contributed by atoms with Crippen molar-refractivity contribution in [1.29, 1.82) is 0 Å². The number of benzene rings is 2. The topological polar surface area (TPSA) is 66.5 Å². The highest BCUT2D eigenvalue weighted by atomic mass is 32.2. The van der Waals surface area contributed by atoms with E-state index in [-0.39, 0.29) is 5.69 Å². The van der Waals surface area contributed by atoms with Crippen LogP contribution in [-0.2, 0) is 14.8 Å². The zero-order valence-electron chi connectivity index (χ0n) is 14.6. The Labute approximate surface area is 147 Å². The molecule has 7 heteroatoms. The first-order chi connectivity index (χ1) is 11.6. The molecule has 0 saturated heterocycles. The maximum Gasteiger partial charge on any atom is 0.248 e. The lowest BCUT2D eigenvalue weighted by Gasteiger charge is -2.28. The molecule has 25 heavy (non-hydrogen) atoms. The second-order valence-electron chi connectivity index (χ2n) is 5.99. The van der Waals surface area contributed by atoms with Crippen molar-refractivity contribution in [2.24, 2.45) is 0 Å². The zero-order chi connectivity index (χ0) is 18.8. The summed E-state index contributed by atoms with van der Waals surface area (Å²) in [5, 5.41) is 2.73. The van der Waals surface area contributed by atoms with Crippen LogP contribution < -0.4 is 9.62 Å². The molecule has 0 unspecified atom stereocenters. The third-order valence-corrected chi connectivity index (χ3v) is 5.06. The Hall–Kier alpha value is -2.41. The van der Waals surface area contributed by atoms with Gasteiger partial charge in [0.2, 0.25) is 15.9 Å². The van der Waals surface area contributed by atoms with E-state index in [9.17, 15) is 17.6 Å². The molecular weight excluding hydrogens is 343 g/mol. The van der Waals surface area contributed by atoms with Crippen molar-refractivity contribution in [3.63, 3.8) is 0 Å². The van der Waals surface area contributed by atoms with Gasteiger partial charge in [0.15, 0.2) is 0 Å². The number of carbonyl (C=O) groups is 1. The van der Waals surface area contributed by atoms with Crippen molar-refractivity contribution < 1.29 is 17.6 Å². The van der Waals surface area contributed by atoms with Gasteiger partial charge in [-0.25, -0.2) is 12.8 Å². The predicted molar refractivity (Wildman–Crippen MR) is 97.7 cm³/mol. The minimum Gasteiger partial charge on any atom is -0.324 e. The van der Waals surface area contributed by atoms with Crippen molar-refractivity contribution in [1.82, 2.24) is 0 Å². The van der Waals surface area contributed by atoms with Crippen LogP contribution in [-0.4, -0.2) is 26.6 Å². The highest BCUT2D eigenvalue weighted by molar-refractivity contribution is 7.92. The predicted octanol–water partition coefficient (Wildman–Crippen LogP) is 3.24. The summed E-state index contributed by atoms with van der Waals surface area (Å²) in [5.41, 5.74) is 2.25. The Morgan fingerprint density at radius 1 is 1.16 bits per heavy atom. The van der Waals surface area contributed by atoms with Crippen LogP contribution in [0.3, 0.4) is 0 Å². The van der Waals surface area contributed by atoms with Crippen LogP contribution in [0.1, 0.15) is 18.1 Å². The van der Waals surface area contributed by atoms with E-state index in [1.165, 1.54) is 25.1 Å². The van der Waals surface area contributed by atoms with Crippen molar-refractivity contribution in [3.8, 4) is 0 Å². The minimum atomic E-state index is -3.86. The highest BCUT2D eigenvalue weighted by Gasteiger charge is 2.31. The fraction of sp³-hybridized carbons (Fsp3) is 0.278. The standard InChI is InChI=1S/C18H21FN2O3S/c1-12-9-10-13(2)16(11-12)20-18(22)14(3)21(25(4,23)24)17-8-6-5-7-15(17)19/h5-11,14H,1-4H3,(H,20,22)/t14-/m1/s1. The summed E-state index contributed by atoms with van der Waals surface area (Å²) < 4.78 is 39.3. The summed E-state index contributed by atoms with van der Waals surface area (Å²) in [6.07, 6.45) is 0.946. The molecular formula is C18H21FN2O3S. The molecule has 0 saturated carbocycles. The number of hydrogen-bond donors (Lipinski definition) is 1. The summed E-state index contributed by atoms with van der Waals surface area (Å²) in [7, 11) is -3.86. The third kappa shape index (κ3) is 4.36. The van der Waals surface area contributed by atoms with Gasteiger partial charge in [-0.05, 0) is 50.1 Å². The number of para-hydroxylation sites is 1. The minimum absolute atomic E-state index is 0.159. The molecule has 5 nitrogen and oxygen atoms in total. The maximum absolute atomic E-state index is 14.1. The second kappa shape index (κ2) is 7.23. The highest BCUT2D eigenvalue weighted by Crippen LogP contribution is 2.25. The third-order valence-electron chi connectivity index (χ3n) is 3.83. The Bertz CT molecular complexity index is 897. The summed E-state index contributed by atoms with van der Waals surface area (Å²) in [6.45, 7) is 5.15. The van der Waals surface area contributed by atoms with Gasteiger partial charge in [-0.1, -0.05) is 24.3 Å². The molecule has 0 heterocycles. The molecule has 0 aliphatic carbocycles. The molecule has 1 N–H and O–H groups in total. The lowest BCUT2D eigenvalue weighted by atomic mass is 10.1. The molecule has 0 spiro atoms. The van der Waals surface area contributed by atoms with Crippen LogP contribution in [0.2, 0.25) is 0 Å². The van der Waals surface area contributed by atoms with Gasteiger partial charge in [-0.3, -0.25) is 9.10 Å². The molecule has 0 fully saturated rings. The fourth-order valence-corrected chi connectivity index (χ4v) is 3.69. The van der Waals surface area contributed by atoms with E-state index < -0.39 is 27.8 Å². The number of nitrogens with zero attached hydrogens (tertiary/aromatic N) is 1. The Morgan fingerprint density at radius 3 is 2.40 bits per heavy atom. The van der Waals surface area contributed by atoms with Crippen LogP contribution in [0.5, 0.6) is 0 Å². The summed E-state index contributed by atoms with van der Waals surface area (Å²) in [4.78, 5) is 12.6. The van der Waals surface area contributed by atoms with E-state index in [4.69, 9.17) is 0 Å². The Kier molecular flexibility index (Phi) is 5.47. The van der Waals surface area contributed by atoms with E-state index in [0.29, 0.717) is 5.69 Å². The number of aryl methyl sites for hydroxylation is 2. The molecule has 0 bridgehead atoms. The number of halogens is 1. The van der Waals surface area contributed by atoms with E-state index in [0.717, 1.165) is 27.8 Å². The summed E-state index contributed by atoms with van der Waals surface area (Å²) in [6, 6.07) is 9.92. The first-order valence-electron chi connectivity index (χ1n) is 7.73. The van der Waals surface area contributed by atoms with Gasteiger partial charge in [-0.2, -0.15) is 0 Å². The number of anilines is 2. The number of amides is 1. The van der Waals surface area contributed by atoms with Crippen LogP contribution in [0.15, 0.2) is 42.5 Å². The second-order valence-corrected chi connectivity index (χ2v) is 7.85. The largest absolute Gasteiger partial charge is 0.324 e. The van der Waals surface area contributed by atoms with Gasteiger partial charge in [0, 0.05) is 5.69 Å². The van der Waals surface area contributed by atoms with Crippen molar-refractivity contribution in [2.75, 3.05) is 15.9 Å². The van der Waals surface area contributed by atoms with Crippen LogP contribution in [0.25, 0.3) is 0 Å². The zero-order valence-corrected chi connectivity index (χ0v) is 15.4. The average Bonchev–Trinajstić information content (AvgIpc) is 2.51. The number of hydrogen-bond acceptors (Lipinski definition) is 3. The molecule has 2 rings (SSSR count). The number of nitrogens with one attached hydrogen (secondary N) is 1. The van der Waals surface area contributed by atoms with Crippen LogP contribution >= 0.6 is 0 Å². The molecule has 0 aliphatic rings. The Balaban J connectivity index is 2.37. The monoisotopic (exact) mass is 364 g/mol. The first kappa shape index (κ1) is 18.9. The SMILES string of the molecule is Cc1ccc(C)c(NC(=O)[C@@H](C)N(c2ccccc2F)S(C)(=O)=O)c1. The van der Waals surface area contributed by atoms with Crippen molar-refractivity contribution >= 4 is 27.3 Å².